The topological polar surface area (TPSA) is 29.1 Å². The lowest BCUT2D eigenvalue weighted by Gasteiger charge is -2.13. The first-order valence-corrected chi connectivity index (χ1v) is 4.49. The summed E-state index contributed by atoms with van der Waals surface area (Å²) in [6.45, 7) is 0. The highest BCUT2D eigenvalue weighted by Gasteiger charge is 2.21. The van der Waals surface area contributed by atoms with Gasteiger partial charge in [0.1, 0.15) is 0 Å². The Bertz CT molecular complexity index is 210. The van der Waals surface area contributed by atoms with E-state index >= 15 is 0 Å². The van der Waals surface area contributed by atoms with Crippen LogP contribution in [0.5, 0.6) is 0 Å². The molecule has 0 atom stereocenters. The van der Waals surface area contributed by atoms with Crippen LogP contribution in [0.2, 0.25) is 0 Å². The van der Waals surface area contributed by atoms with E-state index in [0.717, 1.165) is 6.42 Å². The summed E-state index contributed by atoms with van der Waals surface area (Å²) in [5.41, 5.74) is 1.20. The van der Waals surface area contributed by atoms with E-state index in [4.69, 9.17) is 0 Å². The molecule has 1 heterocycles. The molecule has 2 nitrogen and oxygen atoms in total. The summed E-state index contributed by atoms with van der Waals surface area (Å²) in [7, 11) is 0. The van der Waals surface area contributed by atoms with Gasteiger partial charge in [-0.05, 0) is 19.3 Å². The summed E-state index contributed by atoms with van der Waals surface area (Å²) < 4.78 is 0. The Labute approximate surface area is 64.1 Å². The maximum Gasteiger partial charge on any atom is 0.234 e. The van der Waals surface area contributed by atoms with Crippen molar-refractivity contribution >= 4 is 17.7 Å². The van der Waals surface area contributed by atoms with Gasteiger partial charge >= 0.3 is 0 Å². The SMILES string of the molecule is O=C1CSC2=C(CCC2)N1. The van der Waals surface area contributed by atoms with Gasteiger partial charge < -0.3 is 5.32 Å². The molecule has 2 rings (SSSR count). The van der Waals surface area contributed by atoms with Crippen molar-refractivity contribution in [3.63, 3.8) is 0 Å². The van der Waals surface area contributed by atoms with Gasteiger partial charge in [0.05, 0.1) is 5.75 Å². The van der Waals surface area contributed by atoms with Gasteiger partial charge in [-0.3, -0.25) is 4.79 Å². The molecule has 1 N–H and O–H groups in total. The van der Waals surface area contributed by atoms with Crippen molar-refractivity contribution < 1.29 is 4.79 Å². The van der Waals surface area contributed by atoms with Crippen LogP contribution in [-0.4, -0.2) is 11.7 Å². The second kappa shape index (κ2) is 2.31. The summed E-state index contributed by atoms with van der Waals surface area (Å²) in [4.78, 5) is 12.3. The first-order valence-electron chi connectivity index (χ1n) is 3.51. The fraction of sp³-hybridized carbons (Fsp3) is 0.571. The Morgan fingerprint density at radius 3 is 3.20 bits per heavy atom. The maximum atomic E-state index is 10.8. The van der Waals surface area contributed by atoms with E-state index in [2.05, 4.69) is 5.32 Å². The zero-order chi connectivity index (χ0) is 6.97. The van der Waals surface area contributed by atoms with E-state index < -0.39 is 0 Å². The Morgan fingerprint density at radius 1 is 1.40 bits per heavy atom. The van der Waals surface area contributed by atoms with Gasteiger partial charge in [-0.15, -0.1) is 11.8 Å². The van der Waals surface area contributed by atoms with Crippen molar-refractivity contribution in [3.8, 4) is 0 Å². The lowest BCUT2D eigenvalue weighted by atomic mass is 10.3. The summed E-state index contributed by atoms with van der Waals surface area (Å²) in [5.74, 6) is 0.796. The quantitative estimate of drug-likeness (QED) is 0.570. The average molecular weight is 155 g/mol. The zero-order valence-corrected chi connectivity index (χ0v) is 6.46. The molecule has 1 aliphatic carbocycles. The highest BCUT2D eigenvalue weighted by molar-refractivity contribution is 8.03. The van der Waals surface area contributed by atoms with Gasteiger partial charge in [0, 0.05) is 10.6 Å². The second-order valence-electron chi connectivity index (χ2n) is 2.59. The van der Waals surface area contributed by atoms with Gasteiger partial charge in [0.2, 0.25) is 5.91 Å². The minimum atomic E-state index is 0.172. The first-order chi connectivity index (χ1) is 4.86. The number of nitrogens with one attached hydrogen (secondary N) is 1. The molecule has 0 unspecified atom stereocenters. The highest BCUT2D eigenvalue weighted by atomic mass is 32.2. The number of hydrogen-bond donors (Lipinski definition) is 1. The minimum absolute atomic E-state index is 0.172. The third kappa shape index (κ3) is 0.944. The van der Waals surface area contributed by atoms with E-state index in [9.17, 15) is 4.79 Å². The zero-order valence-electron chi connectivity index (χ0n) is 5.64. The van der Waals surface area contributed by atoms with Gasteiger partial charge in [-0.2, -0.15) is 0 Å². The molecule has 10 heavy (non-hydrogen) atoms. The molecular formula is C7H9NOS. The van der Waals surface area contributed by atoms with Crippen LogP contribution in [0, 0.1) is 0 Å². The Kier molecular flexibility index (Phi) is 1.45. The van der Waals surface area contributed by atoms with Crippen LogP contribution in [-0.2, 0) is 4.79 Å². The number of carbonyl (C=O) groups is 1. The minimum Gasteiger partial charge on any atom is -0.328 e. The molecule has 54 valence electrons. The number of carbonyl (C=O) groups excluding carboxylic acids is 1. The van der Waals surface area contributed by atoms with Crippen molar-refractivity contribution in [1.82, 2.24) is 5.32 Å². The summed E-state index contributed by atoms with van der Waals surface area (Å²) in [6, 6.07) is 0. The standard InChI is InChI=1S/C7H9NOS/c9-7-4-10-6-3-1-2-5(6)8-7/h1-4H2,(H,8,9). The number of allylic oxidation sites excluding steroid dienone is 2. The summed E-state index contributed by atoms with van der Waals surface area (Å²) in [6.07, 6.45) is 3.48. The van der Waals surface area contributed by atoms with Crippen LogP contribution in [0.4, 0.5) is 0 Å². The van der Waals surface area contributed by atoms with Crippen molar-refractivity contribution in [3.05, 3.63) is 10.6 Å². The van der Waals surface area contributed by atoms with Gasteiger partial charge in [0.15, 0.2) is 0 Å². The molecule has 0 aromatic rings. The summed E-state index contributed by atoms with van der Waals surface area (Å²) >= 11 is 1.71. The third-order valence-electron chi connectivity index (χ3n) is 1.84. The number of rotatable bonds is 0. The summed E-state index contributed by atoms with van der Waals surface area (Å²) in [5, 5.41) is 2.90. The second-order valence-corrected chi connectivity index (χ2v) is 3.66. The molecule has 2 aliphatic rings. The lowest BCUT2D eigenvalue weighted by molar-refractivity contribution is -0.117. The highest BCUT2D eigenvalue weighted by Crippen LogP contribution is 2.35. The molecule has 0 fully saturated rings. The van der Waals surface area contributed by atoms with E-state index in [1.165, 1.54) is 23.4 Å². The van der Waals surface area contributed by atoms with Crippen LogP contribution >= 0.6 is 11.8 Å². The Balaban J connectivity index is 2.21. The fourth-order valence-corrected chi connectivity index (χ4v) is 2.36. The van der Waals surface area contributed by atoms with E-state index in [1.54, 1.807) is 11.8 Å². The Hall–Kier alpha value is -0.440. The predicted molar refractivity (Wildman–Crippen MR) is 41.5 cm³/mol. The molecule has 0 aromatic carbocycles. The smallest absolute Gasteiger partial charge is 0.234 e. The molecule has 0 saturated heterocycles. The molecule has 0 aromatic heterocycles. The van der Waals surface area contributed by atoms with Crippen LogP contribution in [0.3, 0.4) is 0 Å². The van der Waals surface area contributed by atoms with Gasteiger partial charge in [0.25, 0.3) is 0 Å². The molecule has 3 heteroatoms. The largest absolute Gasteiger partial charge is 0.328 e. The molecule has 0 saturated carbocycles. The van der Waals surface area contributed by atoms with Crippen LogP contribution in [0.1, 0.15) is 19.3 Å². The lowest BCUT2D eigenvalue weighted by Crippen LogP contribution is -2.27. The molecule has 0 bridgehead atoms. The van der Waals surface area contributed by atoms with Crippen molar-refractivity contribution in [2.24, 2.45) is 0 Å². The molecular weight excluding hydrogens is 146 g/mol. The molecule has 0 radical (unpaired) electrons. The van der Waals surface area contributed by atoms with Crippen molar-refractivity contribution in [1.29, 1.82) is 0 Å². The monoisotopic (exact) mass is 155 g/mol. The third-order valence-corrected chi connectivity index (χ3v) is 3.04. The van der Waals surface area contributed by atoms with Crippen molar-refractivity contribution in [2.45, 2.75) is 19.3 Å². The van der Waals surface area contributed by atoms with Crippen LogP contribution < -0.4 is 5.32 Å². The van der Waals surface area contributed by atoms with Crippen LogP contribution in [0.25, 0.3) is 0 Å². The number of thioether (sulfide) groups is 1. The predicted octanol–water partition coefficient (Wildman–Crippen LogP) is 1.24. The molecule has 0 spiro atoms. The molecule has 1 aliphatic heterocycles. The van der Waals surface area contributed by atoms with Gasteiger partial charge in [-0.25, -0.2) is 0 Å². The molecule has 1 amide bonds. The van der Waals surface area contributed by atoms with E-state index in [0.29, 0.717) is 5.75 Å². The number of hydrogen-bond acceptors (Lipinski definition) is 2. The number of amides is 1. The Morgan fingerprint density at radius 2 is 2.30 bits per heavy atom. The normalized spacial score (nSPS) is 24.6. The van der Waals surface area contributed by atoms with Gasteiger partial charge in [-0.1, -0.05) is 0 Å². The van der Waals surface area contributed by atoms with Crippen molar-refractivity contribution in [2.75, 3.05) is 5.75 Å². The first kappa shape index (κ1) is 6.28. The average Bonchev–Trinajstić information content (AvgIpc) is 2.33. The fourth-order valence-electron chi connectivity index (χ4n) is 1.36. The van der Waals surface area contributed by atoms with E-state index in [-0.39, 0.29) is 5.91 Å². The van der Waals surface area contributed by atoms with E-state index in [1.807, 2.05) is 0 Å². The maximum absolute atomic E-state index is 10.8. The van der Waals surface area contributed by atoms with Crippen LogP contribution in [0.15, 0.2) is 10.6 Å².